The summed E-state index contributed by atoms with van der Waals surface area (Å²) in [6.45, 7) is 1.36. The van der Waals surface area contributed by atoms with Crippen LogP contribution in [0.15, 0.2) is 66.7 Å². The first kappa shape index (κ1) is 29.5. The first-order valence-corrected chi connectivity index (χ1v) is 14.8. The molecule has 0 aromatic heterocycles. The van der Waals surface area contributed by atoms with Gasteiger partial charge in [0.25, 0.3) is 11.8 Å². The zero-order valence-corrected chi connectivity index (χ0v) is 25.1. The number of nitrogens with zero attached hydrogens (tertiary/aromatic N) is 3. The van der Waals surface area contributed by atoms with Gasteiger partial charge in [0.05, 0.1) is 16.7 Å². The number of hydrogen-bond donors (Lipinski definition) is 1. The van der Waals surface area contributed by atoms with Crippen molar-refractivity contribution in [3.05, 3.63) is 97.9 Å². The van der Waals surface area contributed by atoms with Crippen molar-refractivity contribution < 1.29 is 14.4 Å². The number of carbonyl (C=O) groups excluding carboxylic acids is 3. The van der Waals surface area contributed by atoms with E-state index in [9.17, 15) is 14.4 Å². The molecule has 0 atom stereocenters. The minimum atomic E-state index is -0.854. The Kier molecular flexibility index (Phi) is 9.00. The molecule has 7 nitrogen and oxygen atoms in total. The number of likely N-dealkylation sites (tertiary alicyclic amines) is 1. The Morgan fingerprint density at radius 2 is 1.59 bits per heavy atom. The molecule has 0 aliphatic carbocycles. The standard InChI is InChI=1S/C30H28Cl4N4O3/c31-22-8-6-20(25(33)17-22)10-13-35-27(39)18-37-19-38(23-4-2-1-3-5-23)30(29(37)41)11-14-36(15-12-30)28(40)21-7-9-24(32)26(34)16-21/h1-9,16-17H,10-15,18-19H2,(H,35,39). The van der Waals surface area contributed by atoms with E-state index in [-0.39, 0.29) is 30.9 Å². The number of rotatable bonds is 7. The molecule has 41 heavy (non-hydrogen) atoms. The van der Waals surface area contributed by atoms with Crippen LogP contribution < -0.4 is 10.2 Å². The van der Waals surface area contributed by atoms with Crippen LogP contribution in [0, 0.1) is 0 Å². The number of anilines is 1. The lowest BCUT2D eigenvalue weighted by atomic mass is 9.85. The van der Waals surface area contributed by atoms with Crippen molar-refractivity contribution in [2.75, 3.05) is 37.7 Å². The van der Waals surface area contributed by atoms with Gasteiger partial charge >= 0.3 is 0 Å². The molecule has 0 bridgehead atoms. The molecule has 2 heterocycles. The molecular formula is C30H28Cl4N4O3. The van der Waals surface area contributed by atoms with Crippen molar-refractivity contribution in [2.24, 2.45) is 0 Å². The zero-order chi connectivity index (χ0) is 29.1. The maximum atomic E-state index is 13.9. The van der Waals surface area contributed by atoms with Crippen LogP contribution in [0.2, 0.25) is 20.1 Å². The van der Waals surface area contributed by atoms with Crippen molar-refractivity contribution in [3.63, 3.8) is 0 Å². The summed E-state index contributed by atoms with van der Waals surface area (Å²) in [5.74, 6) is -0.522. The molecule has 3 aromatic carbocycles. The molecule has 3 amide bonds. The van der Waals surface area contributed by atoms with Crippen molar-refractivity contribution in [1.82, 2.24) is 15.1 Å². The molecule has 0 radical (unpaired) electrons. The molecule has 1 spiro atoms. The van der Waals surface area contributed by atoms with E-state index in [2.05, 4.69) is 10.2 Å². The van der Waals surface area contributed by atoms with Crippen LogP contribution in [-0.2, 0) is 16.0 Å². The van der Waals surface area contributed by atoms with Crippen LogP contribution in [-0.4, -0.2) is 65.9 Å². The van der Waals surface area contributed by atoms with Gasteiger partial charge in [0.15, 0.2) is 0 Å². The monoisotopic (exact) mass is 632 g/mol. The summed E-state index contributed by atoms with van der Waals surface area (Å²) in [5, 5.41) is 4.70. The number of carbonyl (C=O) groups is 3. The van der Waals surface area contributed by atoms with E-state index in [0.717, 1.165) is 11.3 Å². The molecule has 5 rings (SSSR count). The first-order chi connectivity index (χ1) is 19.7. The molecule has 3 aromatic rings. The summed E-state index contributed by atoms with van der Waals surface area (Å²) in [5.41, 5.74) is 1.37. The predicted octanol–water partition coefficient (Wildman–Crippen LogP) is 5.94. The highest BCUT2D eigenvalue weighted by Gasteiger charge is 2.54. The second-order valence-electron chi connectivity index (χ2n) is 10.2. The van der Waals surface area contributed by atoms with Gasteiger partial charge in [-0.1, -0.05) is 70.7 Å². The molecule has 0 saturated carbocycles. The van der Waals surface area contributed by atoms with Crippen molar-refractivity contribution >= 4 is 69.8 Å². The largest absolute Gasteiger partial charge is 0.354 e. The number of halogens is 4. The predicted molar refractivity (Wildman–Crippen MR) is 163 cm³/mol. The second kappa shape index (κ2) is 12.5. The summed E-state index contributed by atoms with van der Waals surface area (Å²) in [6.07, 6.45) is 1.40. The Morgan fingerprint density at radius 1 is 0.854 bits per heavy atom. The summed E-state index contributed by atoms with van der Waals surface area (Å²) < 4.78 is 0. The normalized spacial score (nSPS) is 16.4. The van der Waals surface area contributed by atoms with Gasteiger partial charge in [0.2, 0.25) is 5.91 Å². The number of nitrogens with one attached hydrogen (secondary N) is 1. The van der Waals surface area contributed by atoms with Crippen LogP contribution in [0.4, 0.5) is 5.69 Å². The smallest absolute Gasteiger partial charge is 0.253 e. The van der Waals surface area contributed by atoms with Gasteiger partial charge in [-0.2, -0.15) is 0 Å². The molecule has 2 saturated heterocycles. The quantitative estimate of drug-likeness (QED) is 0.350. The number of para-hydroxylation sites is 1. The summed E-state index contributed by atoms with van der Waals surface area (Å²) in [7, 11) is 0. The minimum absolute atomic E-state index is 0.0653. The Morgan fingerprint density at radius 3 is 2.27 bits per heavy atom. The summed E-state index contributed by atoms with van der Waals surface area (Å²) in [6, 6.07) is 19.8. The summed E-state index contributed by atoms with van der Waals surface area (Å²) >= 11 is 24.4. The van der Waals surface area contributed by atoms with E-state index in [4.69, 9.17) is 46.4 Å². The van der Waals surface area contributed by atoms with Gasteiger partial charge in [0, 0.05) is 40.9 Å². The van der Waals surface area contributed by atoms with Crippen LogP contribution >= 0.6 is 46.4 Å². The lowest BCUT2D eigenvalue weighted by molar-refractivity contribution is -0.137. The van der Waals surface area contributed by atoms with E-state index >= 15 is 0 Å². The molecule has 214 valence electrons. The zero-order valence-electron chi connectivity index (χ0n) is 22.1. The Bertz CT molecular complexity index is 1460. The highest BCUT2D eigenvalue weighted by molar-refractivity contribution is 6.42. The SMILES string of the molecule is O=C(CN1CN(c2ccccc2)C2(CCN(C(=O)c3ccc(Cl)c(Cl)c3)CC2)C1=O)NCCc1ccc(Cl)cc1Cl. The van der Waals surface area contributed by atoms with Gasteiger partial charge in [-0.3, -0.25) is 14.4 Å². The number of benzene rings is 3. The van der Waals surface area contributed by atoms with Gasteiger partial charge < -0.3 is 20.0 Å². The fourth-order valence-electron chi connectivity index (χ4n) is 5.50. The maximum Gasteiger partial charge on any atom is 0.253 e. The fraction of sp³-hybridized carbons (Fsp3) is 0.300. The summed E-state index contributed by atoms with van der Waals surface area (Å²) in [4.78, 5) is 45.4. The average molecular weight is 634 g/mol. The number of piperidine rings is 1. The van der Waals surface area contributed by atoms with Gasteiger partial charge in [-0.15, -0.1) is 0 Å². The van der Waals surface area contributed by atoms with Crippen LogP contribution in [0.3, 0.4) is 0 Å². The molecule has 1 N–H and O–H groups in total. The van der Waals surface area contributed by atoms with E-state index in [1.54, 1.807) is 40.1 Å². The topological polar surface area (TPSA) is 73.0 Å². The molecule has 2 aliphatic heterocycles. The minimum Gasteiger partial charge on any atom is -0.354 e. The Balaban J connectivity index is 1.26. The van der Waals surface area contributed by atoms with E-state index < -0.39 is 5.54 Å². The van der Waals surface area contributed by atoms with E-state index in [0.29, 0.717) is 64.6 Å². The van der Waals surface area contributed by atoms with Gasteiger partial charge in [-0.25, -0.2) is 0 Å². The third kappa shape index (κ3) is 6.28. The van der Waals surface area contributed by atoms with Crippen molar-refractivity contribution in [1.29, 1.82) is 0 Å². The first-order valence-electron chi connectivity index (χ1n) is 13.2. The van der Waals surface area contributed by atoms with E-state index in [1.807, 2.05) is 36.4 Å². The molecule has 2 fully saturated rings. The van der Waals surface area contributed by atoms with Crippen LogP contribution in [0.5, 0.6) is 0 Å². The number of hydrogen-bond acceptors (Lipinski definition) is 4. The third-order valence-electron chi connectivity index (χ3n) is 7.69. The Labute approximate surface area is 258 Å². The van der Waals surface area contributed by atoms with Crippen LogP contribution in [0.25, 0.3) is 0 Å². The fourth-order valence-corrected chi connectivity index (χ4v) is 6.31. The molecule has 2 aliphatic rings. The van der Waals surface area contributed by atoms with Crippen molar-refractivity contribution in [3.8, 4) is 0 Å². The van der Waals surface area contributed by atoms with Gasteiger partial charge in [0.1, 0.15) is 12.1 Å². The van der Waals surface area contributed by atoms with Gasteiger partial charge in [-0.05, 0) is 67.3 Å². The molecule has 11 heteroatoms. The lowest BCUT2D eigenvalue weighted by Gasteiger charge is -2.43. The van der Waals surface area contributed by atoms with E-state index in [1.165, 1.54) is 0 Å². The highest BCUT2D eigenvalue weighted by atomic mass is 35.5. The Hall–Kier alpha value is -2.97. The average Bonchev–Trinajstić information content (AvgIpc) is 3.22. The molecular weight excluding hydrogens is 606 g/mol. The highest BCUT2D eigenvalue weighted by Crippen LogP contribution is 2.40. The second-order valence-corrected chi connectivity index (χ2v) is 11.9. The molecule has 0 unspecified atom stereocenters. The van der Waals surface area contributed by atoms with Crippen LogP contribution in [0.1, 0.15) is 28.8 Å². The lowest BCUT2D eigenvalue weighted by Crippen LogP contribution is -2.57. The maximum absolute atomic E-state index is 13.9. The number of amides is 3. The third-order valence-corrected chi connectivity index (χ3v) is 9.02. The van der Waals surface area contributed by atoms with Crippen molar-refractivity contribution in [2.45, 2.75) is 24.8 Å².